The first-order valence-corrected chi connectivity index (χ1v) is 5.47. The molecule has 8 nitrogen and oxygen atoms in total. The van der Waals surface area contributed by atoms with Gasteiger partial charge in [-0.3, -0.25) is 10.1 Å². The van der Waals surface area contributed by atoms with Crippen LogP contribution in [0, 0.1) is 0 Å². The van der Waals surface area contributed by atoms with Crippen LogP contribution in [0.3, 0.4) is 0 Å². The quantitative estimate of drug-likeness (QED) is 0.803. The summed E-state index contributed by atoms with van der Waals surface area (Å²) in [6.45, 7) is 1.46. The van der Waals surface area contributed by atoms with E-state index in [0.29, 0.717) is 11.3 Å². The molecule has 0 aliphatic heterocycles. The van der Waals surface area contributed by atoms with Crippen LogP contribution in [0.15, 0.2) is 24.3 Å². The molecule has 19 heavy (non-hydrogen) atoms. The third-order valence-corrected chi connectivity index (χ3v) is 2.26. The highest BCUT2D eigenvalue weighted by molar-refractivity contribution is 6.00. The van der Waals surface area contributed by atoms with Crippen molar-refractivity contribution in [1.82, 2.24) is 20.2 Å². The number of hydrogen-bond donors (Lipinski definition) is 2. The van der Waals surface area contributed by atoms with Gasteiger partial charge in [-0.15, -0.1) is 5.10 Å². The molecule has 1 aromatic heterocycles. The number of nitrogens with zero attached hydrogens (tertiary/aromatic N) is 4. The molecule has 0 aliphatic carbocycles. The maximum absolute atomic E-state index is 11.6. The second kappa shape index (κ2) is 5.25. The number of urea groups is 1. The van der Waals surface area contributed by atoms with Crippen molar-refractivity contribution in [3.05, 3.63) is 29.8 Å². The van der Waals surface area contributed by atoms with Crippen LogP contribution in [-0.2, 0) is 7.05 Å². The molecule has 2 amide bonds. The summed E-state index contributed by atoms with van der Waals surface area (Å²) < 4.78 is 0. The normalized spacial score (nSPS) is 10.0. The van der Waals surface area contributed by atoms with E-state index >= 15 is 0 Å². The summed E-state index contributed by atoms with van der Waals surface area (Å²) in [6.07, 6.45) is 0. The second-order valence-corrected chi connectivity index (χ2v) is 3.82. The zero-order valence-corrected chi connectivity index (χ0v) is 10.4. The van der Waals surface area contributed by atoms with E-state index < -0.39 is 6.03 Å². The topological polar surface area (TPSA) is 102 Å². The SMILES string of the molecule is CC(=O)c1cccc(NC(=O)Nc2nnn(C)n2)c1. The Kier molecular flexibility index (Phi) is 3.51. The third-order valence-electron chi connectivity index (χ3n) is 2.26. The van der Waals surface area contributed by atoms with Crippen molar-refractivity contribution < 1.29 is 9.59 Å². The number of ketones is 1. The van der Waals surface area contributed by atoms with E-state index in [-0.39, 0.29) is 11.7 Å². The van der Waals surface area contributed by atoms with Gasteiger partial charge in [0.15, 0.2) is 5.78 Å². The summed E-state index contributed by atoms with van der Waals surface area (Å²) >= 11 is 0. The van der Waals surface area contributed by atoms with E-state index in [2.05, 4.69) is 26.0 Å². The highest BCUT2D eigenvalue weighted by atomic mass is 16.2. The fourth-order valence-electron chi connectivity index (χ4n) is 1.41. The van der Waals surface area contributed by atoms with Crippen LogP contribution in [0.1, 0.15) is 17.3 Å². The van der Waals surface area contributed by atoms with E-state index in [9.17, 15) is 9.59 Å². The highest BCUT2D eigenvalue weighted by Gasteiger charge is 2.07. The van der Waals surface area contributed by atoms with Gasteiger partial charge in [0, 0.05) is 11.3 Å². The van der Waals surface area contributed by atoms with Crippen molar-refractivity contribution >= 4 is 23.5 Å². The summed E-state index contributed by atoms with van der Waals surface area (Å²) in [5.74, 6) is 0.0300. The molecule has 0 spiro atoms. The predicted octanol–water partition coefficient (Wildman–Crippen LogP) is 1.06. The molecule has 0 unspecified atom stereocenters. The number of carbonyl (C=O) groups excluding carboxylic acids is 2. The van der Waals surface area contributed by atoms with E-state index in [1.807, 2.05) is 0 Å². The van der Waals surface area contributed by atoms with E-state index in [4.69, 9.17) is 0 Å². The number of amides is 2. The molecule has 8 heteroatoms. The number of aryl methyl sites for hydroxylation is 1. The molecular weight excluding hydrogens is 248 g/mol. The van der Waals surface area contributed by atoms with Crippen LogP contribution in [0.2, 0.25) is 0 Å². The summed E-state index contributed by atoms with van der Waals surface area (Å²) in [5, 5.41) is 16.0. The Balaban J connectivity index is 2.02. The lowest BCUT2D eigenvalue weighted by Gasteiger charge is -2.05. The highest BCUT2D eigenvalue weighted by Crippen LogP contribution is 2.11. The number of nitrogens with one attached hydrogen (secondary N) is 2. The van der Waals surface area contributed by atoms with Crippen molar-refractivity contribution in [1.29, 1.82) is 0 Å². The number of aromatic nitrogens is 4. The zero-order valence-electron chi connectivity index (χ0n) is 10.4. The van der Waals surface area contributed by atoms with Crippen molar-refractivity contribution in [3.63, 3.8) is 0 Å². The largest absolute Gasteiger partial charge is 0.326 e. The minimum absolute atomic E-state index is 0.0698. The lowest BCUT2D eigenvalue weighted by atomic mass is 10.1. The van der Waals surface area contributed by atoms with Gasteiger partial charge in [-0.25, -0.2) is 4.79 Å². The molecule has 2 rings (SSSR count). The summed E-state index contributed by atoms with van der Waals surface area (Å²) in [4.78, 5) is 24.1. The van der Waals surface area contributed by atoms with Crippen LogP contribution in [0.4, 0.5) is 16.4 Å². The molecule has 0 saturated heterocycles. The molecule has 98 valence electrons. The van der Waals surface area contributed by atoms with Gasteiger partial charge in [-0.05, 0) is 24.3 Å². The minimum atomic E-state index is -0.506. The van der Waals surface area contributed by atoms with Gasteiger partial charge < -0.3 is 5.32 Å². The van der Waals surface area contributed by atoms with Crippen LogP contribution in [0.25, 0.3) is 0 Å². The summed E-state index contributed by atoms with van der Waals surface area (Å²) in [7, 11) is 1.59. The van der Waals surface area contributed by atoms with Crippen molar-refractivity contribution in [2.24, 2.45) is 7.05 Å². The Morgan fingerprint density at radius 3 is 2.68 bits per heavy atom. The summed E-state index contributed by atoms with van der Waals surface area (Å²) in [6, 6.07) is 6.12. The third kappa shape index (κ3) is 3.35. The lowest BCUT2D eigenvalue weighted by Crippen LogP contribution is -2.20. The van der Waals surface area contributed by atoms with Gasteiger partial charge in [0.05, 0.1) is 7.05 Å². The molecule has 1 aromatic carbocycles. The Morgan fingerprint density at radius 1 is 1.26 bits per heavy atom. The van der Waals surface area contributed by atoms with E-state index in [0.717, 1.165) is 0 Å². The fourth-order valence-corrected chi connectivity index (χ4v) is 1.41. The molecule has 2 aromatic rings. The first kappa shape index (κ1) is 12.7. The van der Waals surface area contributed by atoms with Crippen LogP contribution >= 0.6 is 0 Å². The first-order valence-electron chi connectivity index (χ1n) is 5.47. The monoisotopic (exact) mass is 260 g/mol. The van der Waals surface area contributed by atoms with E-state index in [1.54, 1.807) is 31.3 Å². The second-order valence-electron chi connectivity index (χ2n) is 3.82. The van der Waals surface area contributed by atoms with E-state index in [1.165, 1.54) is 11.7 Å². The lowest BCUT2D eigenvalue weighted by molar-refractivity contribution is 0.101. The number of carbonyl (C=O) groups is 2. The maximum Gasteiger partial charge on any atom is 0.326 e. The van der Waals surface area contributed by atoms with Crippen LogP contribution in [-0.4, -0.2) is 32.0 Å². The Morgan fingerprint density at radius 2 is 2.05 bits per heavy atom. The van der Waals surface area contributed by atoms with Gasteiger partial charge in [0.2, 0.25) is 0 Å². The maximum atomic E-state index is 11.6. The van der Waals surface area contributed by atoms with Gasteiger partial charge in [0.25, 0.3) is 5.95 Å². The molecule has 2 N–H and O–H groups in total. The molecular formula is C11H12N6O2. The van der Waals surface area contributed by atoms with Crippen molar-refractivity contribution in [2.75, 3.05) is 10.6 Å². The van der Waals surface area contributed by atoms with Crippen LogP contribution in [0.5, 0.6) is 0 Å². The average Bonchev–Trinajstić information content (AvgIpc) is 2.74. The van der Waals surface area contributed by atoms with Crippen molar-refractivity contribution in [3.8, 4) is 0 Å². The van der Waals surface area contributed by atoms with Gasteiger partial charge in [0.1, 0.15) is 0 Å². The number of Topliss-reactive ketones (excluding diaryl/α,β-unsaturated/α-hetero) is 1. The zero-order chi connectivity index (χ0) is 13.8. The molecule has 0 aliphatic rings. The Bertz CT molecular complexity index is 621. The fraction of sp³-hybridized carbons (Fsp3) is 0.182. The molecule has 1 heterocycles. The Hall–Kier alpha value is -2.77. The number of hydrogen-bond acceptors (Lipinski definition) is 5. The number of benzene rings is 1. The number of anilines is 2. The molecule has 0 radical (unpaired) electrons. The van der Waals surface area contributed by atoms with Gasteiger partial charge in [-0.1, -0.05) is 17.2 Å². The number of rotatable bonds is 3. The van der Waals surface area contributed by atoms with Gasteiger partial charge in [-0.2, -0.15) is 4.80 Å². The average molecular weight is 260 g/mol. The summed E-state index contributed by atoms with van der Waals surface area (Å²) in [5.41, 5.74) is 1.03. The van der Waals surface area contributed by atoms with Crippen LogP contribution < -0.4 is 10.6 Å². The molecule has 0 bridgehead atoms. The minimum Gasteiger partial charge on any atom is -0.308 e. The number of tetrazole rings is 1. The molecule has 0 fully saturated rings. The standard InChI is InChI=1S/C11H12N6O2/c1-7(18)8-4-3-5-9(6-8)12-11(19)13-10-14-16-17(2)15-10/h3-6H,1-2H3,(H2,12,13,15,19). The smallest absolute Gasteiger partial charge is 0.308 e. The van der Waals surface area contributed by atoms with Gasteiger partial charge >= 0.3 is 6.03 Å². The Labute approximate surface area is 108 Å². The molecule has 0 saturated carbocycles. The predicted molar refractivity (Wildman–Crippen MR) is 67.9 cm³/mol. The molecule has 0 atom stereocenters. The van der Waals surface area contributed by atoms with Crippen molar-refractivity contribution in [2.45, 2.75) is 6.92 Å². The first-order chi connectivity index (χ1) is 9.04.